The third-order valence-corrected chi connectivity index (χ3v) is 6.22. The Morgan fingerprint density at radius 3 is 2.08 bits per heavy atom. The van der Waals surface area contributed by atoms with Crippen LogP contribution in [0.15, 0.2) is 72.8 Å². The van der Waals surface area contributed by atoms with Gasteiger partial charge in [0.25, 0.3) is 5.91 Å². The van der Waals surface area contributed by atoms with Gasteiger partial charge in [0, 0.05) is 34.6 Å². The number of rotatable bonds is 11. The zero-order valence-corrected chi connectivity index (χ0v) is 22.1. The Morgan fingerprint density at radius 2 is 1.50 bits per heavy atom. The van der Waals surface area contributed by atoms with Crippen LogP contribution in [0, 0.1) is 0 Å². The molecule has 3 rings (SSSR count). The Hall–Kier alpha value is -3.22. The van der Waals surface area contributed by atoms with Crippen LogP contribution in [0.5, 0.6) is 11.5 Å². The third-order valence-electron chi connectivity index (χ3n) is 5.51. The summed E-state index contributed by atoms with van der Waals surface area (Å²) in [6, 6.07) is 20.7. The van der Waals surface area contributed by atoms with Gasteiger partial charge in [-0.05, 0) is 55.8 Å². The van der Waals surface area contributed by atoms with Crippen LogP contribution in [0.25, 0.3) is 0 Å². The van der Waals surface area contributed by atoms with Gasteiger partial charge in [-0.3, -0.25) is 9.59 Å². The van der Waals surface area contributed by atoms with Crippen LogP contribution in [0.1, 0.15) is 25.0 Å². The van der Waals surface area contributed by atoms with Gasteiger partial charge in [0.05, 0.1) is 7.11 Å². The molecular weight excluding hydrogens is 499 g/mol. The Bertz CT molecular complexity index is 1130. The van der Waals surface area contributed by atoms with Gasteiger partial charge < -0.3 is 19.7 Å². The number of amides is 2. The van der Waals surface area contributed by atoms with E-state index >= 15 is 0 Å². The average Bonchev–Trinajstić information content (AvgIpc) is 2.86. The molecule has 0 bridgehead atoms. The second kappa shape index (κ2) is 13.2. The molecule has 2 amide bonds. The van der Waals surface area contributed by atoms with E-state index in [2.05, 4.69) is 5.32 Å². The van der Waals surface area contributed by atoms with Gasteiger partial charge in [0.2, 0.25) is 5.91 Å². The van der Waals surface area contributed by atoms with Crippen LogP contribution >= 0.6 is 23.2 Å². The van der Waals surface area contributed by atoms with E-state index in [1.807, 2.05) is 44.2 Å². The molecule has 0 saturated carbocycles. The maximum absolute atomic E-state index is 13.6. The summed E-state index contributed by atoms with van der Waals surface area (Å²) in [5.41, 5.74) is 1.48. The SMILES string of the molecule is COc1ccc(OCC(=O)N(Cc2c(Cl)cccc2Cl)[C@H](Cc2ccccc2)C(=O)NC(C)C)cc1. The number of hydrogen-bond donors (Lipinski definition) is 1. The van der Waals surface area contributed by atoms with E-state index in [0.717, 1.165) is 5.56 Å². The van der Waals surface area contributed by atoms with E-state index in [1.54, 1.807) is 49.6 Å². The Balaban J connectivity index is 1.93. The Labute approximate surface area is 222 Å². The minimum atomic E-state index is -0.811. The topological polar surface area (TPSA) is 67.9 Å². The fourth-order valence-electron chi connectivity index (χ4n) is 3.69. The lowest BCUT2D eigenvalue weighted by Crippen LogP contribution is -2.52. The van der Waals surface area contributed by atoms with Crippen LogP contribution in [-0.4, -0.2) is 42.5 Å². The van der Waals surface area contributed by atoms with Crippen LogP contribution in [0.4, 0.5) is 0 Å². The molecule has 3 aromatic rings. The van der Waals surface area contributed by atoms with Gasteiger partial charge >= 0.3 is 0 Å². The predicted octanol–water partition coefficient (Wildman–Crippen LogP) is 5.55. The third kappa shape index (κ3) is 7.64. The van der Waals surface area contributed by atoms with Crippen molar-refractivity contribution >= 4 is 35.0 Å². The molecular formula is C28H30Cl2N2O4. The molecule has 0 saturated heterocycles. The molecule has 0 aliphatic rings. The zero-order chi connectivity index (χ0) is 26.1. The number of benzene rings is 3. The van der Waals surface area contributed by atoms with Crippen molar-refractivity contribution in [3.05, 3.63) is 94.0 Å². The van der Waals surface area contributed by atoms with E-state index in [4.69, 9.17) is 32.7 Å². The van der Waals surface area contributed by atoms with Crippen LogP contribution in [0.3, 0.4) is 0 Å². The molecule has 0 aliphatic carbocycles. The second-order valence-electron chi connectivity index (χ2n) is 8.55. The summed E-state index contributed by atoms with van der Waals surface area (Å²) in [6.07, 6.45) is 0.315. The maximum atomic E-state index is 13.6. The first-order chi connectivity index (χ1) is 17.3. The minimum Gasteiger partial charge on any atom is -0.497 e. The van der Waals surface area contributed by atoms with Crippen molar-refractivity contribution in [3.63, 3.8) is 0 Å². The van der Waals surface area contributed by atoms with Gasteiger partial charge in [-0.2, -0.15) is 0 Å². The maximum Gasteiger partial charge on any atom is 0.261 e. The summed E-state index contributed by atoms with van der Waals surface area (Å²) in [4.78, 5) is 28.5. The van der Waals surface area contributed by atoms with Gasteiger partial charge in [0.1, 0.15) is 17.5 Å². The molecule has 0 spiro atoms. The largest absolute Gasteiger partial charge is 0.497 e. The normalized spacial score (nSPS) is 11.6. The number of nitrogens with zero attached hydrogens (tertiary/aromatic N) is 1. The van der Waals surface area contributed by atoms with Crippen molar-refractivity contribution in [2.24, 2.45) is 0 Å². The van der Waals surface area contributed by atoms with Crippen molar-refractivity contribution in [1.29, 1.82) is 0 Å². The molecule has 0 aliphatic heterocycles. The predicted molar refractivity (Wildman–Crippen MR) is 143 cm³/mol. The molecule has 0 unspecified atom stereocenters. The molecule has 0 heterocycles. The molecule has 0 radical (unpaired) electrons. The number of ether oxygens (including phenoxy) is 2. The van der Waals surface area contributed by atoms with Gasteiger partial charge in [-0.15, -0.1) is 0 Å². The fraction of sp³-hybridized carbons (Fsp3) is 0.286. The fourth-order valence-corrected chi connectivity index (χ4v) is 4.21. The van der Waals surface area contributed by atoms with E-state index in [1.165, 1.54) is 4.90 Å². The van der Waals surface area contributed by atoms with Crippen LogP contribution < -0.4 is 14.8 Å². The number of carbonyl (C=O) groups is 2. The molecule has 1 N–H and O–H groups in total. The van der Waals surface area contributed by atoms with Gasteiger partial charge in [0.15, 0.2) is 6.61 Å². The Kier molecular flexibility index (Phi) is 10.0. The highest BCUT2D eigenvalue weighted by molar-refractivity contribution is 6.36. The van der Waals surface area contributed by atoms with Crippen LogP contribution in [0.2, 0.25) is 10.0 Å². The highest BCUT2D eigenvalue weighted by atomic mass is 35.5. The Morgan fingerprint density at radius 1 is 0.889 bits per heavy atom. The average molecular weight is 529 g/mol. The quantitative estimate of drug-likeness (QED) is 0.354. The van der Waals surface area contributed by atoms with E-state index in [0.29, 0.717) is 33.5 Å². The number of hydrogen-bond acceptors (Lipinski definition) is 4. The molecule has 36 heavy (non-hydrogen) atoms. The second-order valence-corrected chi connectivity index (χ2v) is 9.37. The first-order valence-electron chi connectivity index (χ1n) is 11.6. The monoisotopic (exact) mass is 528 g/mol. The first kappa shape index (κ1) is 27.4. The molecule has 1 atom stereocenters. The van der Waals surface area contributed by atoms with Crippen LogP contribution in [-0.2, 0) is 22.6 Å². The molecule has 0 fully saturated rings. The lowest BCUT2D eigenvalue weighted by molar-refractivity contribution is -0.143. The molecule has 6 nitrogen and oxygen atoms in total. The zero-order valence-electron chi connectivity index (χ0n) is 20.5. The van der Waals surface area contributed by atoms with E-state index in [-0.39, 0.29) is 31.0 Å². The number of halogens is 2. The van der Waals surface area contributed by atoms with Crippen molar-refractivity contribution in [1.82, 2.24) is 10.2 Å². The van der Waals surface area contributed by atoms with E-state index in [9.17, 15) is 9.59 Å². The number of methoxy groups -OCH3 is 1. The lowest BCUT2D eigenvalue weighted by atomic mass is 10.0. The van der Waals surface area contributed by atoms with Crippen molar-refractivity contribution in [3.8, 4) is 11.5 Å². The lowest BCUT2D eigenvalue weighted by Gasteiger charge is -2.32. The number of carbonyl (C=O) groups excluding carboxylic acids is 2. The smallest absolute Gasteiger partial charge is 0.261 e. The highest BCUT2D eigenvalue weighted by Crippen LogP contribution is 2.27. The molecule has 190 valence electrons. The minimum absolute atomic E-state index is 0.0479. The molecule has 0 aromatic heterocycles. The molecule has 3 aromatic carbocycles. The number of nitrogens with one attached hydrogen (secondary N) is 1. The van der Waals surface area contributed by atoms with Crippen molar-refractivity contribution in [2.45, 2.75) is 38.9 Å². The standard InChI is InChI=1S/C28H30Cl2N2O4/c1-19(2)31-28(34)26(16-20-8-5-4-6-9-20)32(17-23-24(29)10-7-11-25(23)30)27(33)18-36-22-14-12-21(35-3)13-15-22/h4-15,19,26H,16-18H2,1-3H3,(H,31,34)/t26-/m1/s1. The van der Waals surface area contributed by atoms with Crippen molar-refractivity contribution in [2.75, 3.05) is 13.7 Å². The van der Waals surface area contributed by atoms with Gasteiger partial charge in [-0.1, -0.05) is 59.6 Å². The van der Waals surface area contributed by atoms with E-state index < -0.39 is 6.04 Å². The summed E-state index contributed by atoms with van der Waals surface area (Å²) in [6.45, 7) is 3.53. The summed E-state index contributed by atoms with van der Waals surface area (Å²) in [5, 5.41) is 3.78. The van der Waals surface area contributed by atoms with Crippen molar-refractivity contribution < 1.29 is 19.1 Å². The van der Waals surface area contributed by atoms with Gasteiger partial charge in [-0.25, -0.2) is 0 Å². The first-order valence-corrected chi connectivity index (χ1v) is 12.4. The summed E-state index contributed by atoms with van der Waals surface area (Å²) < 4.78 is 10.9. The summed E-state index contributed by atoms with van der Waals surface area (Å²) in [5.74, 6) is 0.541. The molecule has 8 heteroatoms. The summed E-state index contributed by atoms with van der Waals surface area (Å²) >= 11 is 12.9. The summed E-state index contributed by atoms with van der Waals surface area (Å²) in [7, 11) is 1.58. The highest BCUT2D eigenvalue weighted by Gasteiger charge is 2.32.